The van der Waals surface area contributed by atoms with Crippen molar-refractivity contribution in [3.63, 3.8) is 0 Å². The number of rotatable bonds is 2. The fourth-order valence-corrected chi connectivity index (χ4v) is 2.15. The molecule has 6 nitrogen and oxygen atoms in total. The SMILES string of the molecule is COc1c(N)ncnc1N1C[C@@H](C)O[C@@H](C)C1. The molecule has 0 radical (unpaired) electrons. The molecule has 1 aliphatic heterocycles. The minimum absolute atomic E-state index is 0.166. The fraction of sp³-hybridized carbons (Fsp3) is 0.636. The zero-order chi connectivity index (χ0) is 12.4. The summed E-state index contributed by atoms with van der Waals surface area (Å²) >= 11 is 0. The third-order valence-corrected chi connectivity index (χ3v) is 2.74. The van der Waals surface area contributed by atoms with E-state index in [0.29, 0.717) is 11.6 Å². The molecular formula is C11H18N4O2. The average molecular weight is 238 g/mol. The molecule has 1 saturated heterocycles. The highest BCUT2D eigenvalue weighted by Crippen LogP contribution is 2.31. The second-order valence-corrected chi connectivity index (χ2v) is 4.28. The first-order valence-corrected chi connectivity index (χ1v) is 5.66. The highest BCUT2D eigenvalue weighted by atomic mass is 16.5. The lowest BCUT2D eigenvalue weighted by atomic mass is 10.2. The van der Waals surface area contributed by atoms with Gasteiger partial charge in [0, 0.05) is 13.1 Å². The normalized spacial score (nSPS) is 24.8. The van der Waals surface area contributed by atoms with Gasteiger partial charge in [-0.3, -0.25) is 0 Å². The van der Waals surface area contributed by atoms with Gasteiger partial charge in [0.05, 0.1) is 19.3 Å². The summed E-state index contributed by atoms with van der Waals surface area (Å²) in [5.41, 5.74) is 5.77. The number of ether oxygens (including phenoxy) is 2. The van der Waals surface area contributed by atoms with Gasteiger partial charge < -0.3 is 20.1 Å². The van der Waals surface area contributed by atoms with Gasteiger partial charge in [-0.2, -0.15) is 0 Å². The number of morpholine rings is 1. The molecule has 6 heteroatoms. The average Bonchev–Trinajstić information content (AvgIpc) is 2.27. The second-order valence-electron chi connectivity index (χ2n) is 4.28. The molecule has 0 unspecified atom stereocenters. The van der Waals surface area contributed by atoms with E-state index in [1.807, 2.05) is 13.8 Å². The van der Waals surface area contributed by atoms with Gasteiger partial charge in [0.15, 0.2) is 11.6 Å². The van der Waals surface area contributed by atoms with Crippen LogP contribution in [0.5, 0.6) is 5.75 Å². The Morgan fingerprint density at radius 2 is 2.00 bits per heavy atom. The van der Waals surface area contributed by atoms with E-state index >= 15 is 0 Å². The number of hydrogen-bond acceptors (Lipinski definition) is 6. The van der Waals surface area contributed by atoms with Gasteiger partial charge in [-0.25, -0.2) is 9.97 Å². The van der Waals surface area contributed by atoms with E-state index in [4.69, 9.17) is 15.2 Å². The van der Waals surface area contributed by atoms with Crippen LogP contribution in [0.25, 0.3) is 0 Å². The summed E-state index contributed by atoms with van der Waals surface area (Å²) in [6.45, 7) is 5.63. The quantitative estimate of drug-likeness (QED) is 0.816. The highest BCUT2D eigenvalue weighted by molar-refractivity contribution is 5.62. The first kappa shape index (κ1) is 11.9. The van der Waals surface area contributed by atoms with Gasteiger partial charge in [0.1, 0.15) is 6.33 Å². The largest absolute Gasteiger partial charge is 0.490 e. The molecule has 2 N–H and O–H groups in total. The molecule has 17 heavy (non-hydrogen) atoms. The standard InChI is InChI=1S/C11H18N4O2/c1-7-4-15(5-8(2)17-7)11-9(16-3)10(12)13-6-14-11/h6-8H,4-5H2,1-3H3,(H2,12,13,14)/t7-,8+. The van der Waals surface area contributed by atoms with Crippen LogP contribution >= 0.6 is 0 Å². The Morgan fingerprint density at radius 1 is 1.35 bits per heavy atom. The van der Waals surface area contributed by atoms with Crippen LogP contribution in [0.1, 0.15) is 13.8 Å². The van der Waals surface area contributed by atoms with Crippen molar-refractivity contribution in [3.8, 4) is 5.75 Å². The number of anilines is 2. The monoisotopic (exact) mass is 238 g/mol. The molecule has 0 bridgehead atoms. The molecule has 0 spiro atoms. The predicted molar refractivity (Wildman–Crippen MR) is 65.2 cm³/mol. The molecule has 1 aliphatic rings. The molecule has 2 atom stereocenters. The topological polar surface area (TPSA) is 73.5 Å². The zero-order valence-corrected chi connectivity index (χ0v) is 10.4. The van der Waals surface area contributed by atoms with Crippen LogP contribution in [0.4, 0.5) is 11.6 Å². The van der Waals surface area contributed by atoms with Crippen molar-refractivity contribution in [2.24, 2.45) is 0 Å². The number of nitrogen functional groups attached to an aromatic ring is 1. The molecule has 0 saturated carbocycles. The number of methoxy groups -OCH3 is 1. The number of aromatic nitrogens is 2. The lowest BCUT2D eigenvalue weighted by Crippen LogP contribution is -2.46. The van der Waals surface area contributed by atoms with Crippen molar-refractivity contribution in [1.82, 2.24) is 9.97 Å². The Kier molecular flexibility index (Phi) is 3.33. The Balaban J connectivity index is 2.30. The van der Waals surface area contributed by atoms with E-state index in [1.165, 1.54) is 6.33 Å². The van der Waals surface area contributed by atoms with Gasteiger partial charge >= 0.3 is 0 Å². The van der Waals surface area contributed by atoms with Crippen molar-refractivity contribution < 1.29 is 9.47 Å². The van der Waals surface area contributed by atoms with Crippen LogP contribution in [0.3, 0.4) is 0 Å². The highest BCUT2D eigenvalue weighted by Gasteiger charge is 2.26. The molecule has 2 heterocycles. The summed E-state index contributed by atoms with van der Waals surface area (Å²) < 4.78 is 11.0. The molecule has 1 fully saturated rings. The number of nitrogens with two attached hydrogens (primary N) is 1. The maximum atomic E-state index is 5.77. The predicted octanol–water partition coefficient (Wildman–Crippen LogP) is 0.681. The zero-order valence-electron chi connectivity index (χ0n) is 10.4. The molecule has 1 aromatic rings. The summed E-state index contributed by atoms with van der Waals surface area (Å²) in [5, 5.41) is 0. The molecule has 0 aromatic carbocycles. The molecular weight excluding hydrogens is 220 g/mol. The van der Waals surface area contributed by atoms with Crippen molar-refractivity contribution in [3.05, 3.63) is 6.33 Å². The lowest BCUT2D eigenvalue weighted by Gasteiger charge is -2.36. The fourth-order valence-electron chi connectivity index (χ4n) is 2.15. The van der Waals surface area contributed by atoms with E-state index in [-0.39, 0.29) is 12.2 Å². The van der Waals surface area contributed by atoms with E-state index in [1.54, 1.807) is 7.11 Å². The Bertz CT molecular complexity index is 389. The molecule has 0 aliphatic carbocycles. The van der Waals surface area contributed by atoms with Crippen LogP contribution in [-0.2, 0) is 4.74 Å². The third kappa shape index (κ3) is 2.41. The summed E-state index contributed by atoms with van der Waals surface area (Å²) in [6.07, 6.45) is 1.79. The Labute approximate surface area is 101 Å². The van der Waals surface area contributed by atoms with Crippen LogP contribution in [0, 0.1) is 0 Å². The third-order valence-electron chi connectivity index (χ3n) is 2.74. The van der Waals surface area contributed by atoms with Crippen LogP contribution in [0.2, 0.25) is 0 Å². The first-order chi connectivity index (χ1) is 8.11. The molecule has 94 valence electrons. The number of hydrogen-bond donors (Lipinski definition) is 1. The van der Waals surface area contributed by atoms with Gasteiger partial charge in [0.2, 0.25) is 5.75 Å². The number of nitrogens with zero attached hydrogens (tertiary/aromatic N) is 3. The van der Waals surface area contributed by atoms with E-state index in [0.717, 1.165) is 18.9 Å². The van der Waals surface area contributed by atoms with E-state index in [2.05, 4.69) is 14.9 Å². The van der Waals surface area contributed by atoms with Crippen molar-refractivity contribution in [2.75, 3.05) is 30.8 Å². The smallest absolute Gasteiger partial charge is 0.204 e. The van der Waals surface area contributed by atoms with Crippen LogP contribution < -0.4 is 15.4 Å². The van der Waals surface area contributed by atoms with Crippen molar-refractivity contribution in [1.29, 1.82) is 0 Å². The Morgan fingerprint density at radius 3 is 2.59 bits per heavy atom. The second kappa shape index (κ2) is 4.75. The summed E-state index contributed by atoms with van der Waals surface area (Å²) in [7, 11) is 1.58. The van der Waals surface area contributed by atoms with Gasteiger partial charge in [0.25, 0.3) is 0 Å². The van der Waals surface area contributed by atoms with Crippen LogP contribution in [0.15, 0.2) is 6.33 Å². The minimum Gasteiger partial charge on any atom is -0.490 e. The summed E-state index contributed by atoms with van der Waals surface area (Å²) in [4.78, 5) is 10.3. The van der Waals surface area contributed by atoms with Crippen LogP contribution in [-0.4, -0.2) is 42.4 Å². The summed E-state index contributed by atoms with van der Waals surface area (Å²) in [6, 6.07) is 0. The summed E-state index contributed by atoms with van der Waals surface area (Å²) in [5.74, 6) is 1.64. The van der Waals surface area contributed by atoms with Crippen molar-refractivity contribution >= 4 is 11.6 Å². The lowest BCUT2D eigenvalue weighted by molar-refractivity contribution is -0.00558. The van der Waals surface area contributed by atoms with E-state index < -0.39 is 0 Å². The van der Waals surface area contributed by atoms with E-state index in [9.17, 15) is 0 Å². The molecule has 2 rings (SSSR count). The maximum absolute atomic E-state index is 5.77. The molecule has 0 amide bonds. The van der Waals surface area contributed by atoms with Gasteiger partial charge in [-0.15, -0.1) is 0 Å². The maximum Gasteiger partial charge on any atom is 0.204 e. The van der Waals surface area contributed by atoms with Gasteiger partial charge in [-0.1, -0.05) is 0 Å². The van der Waals surface area contributed by atoms with Gasteiger partial charge in [-0.05, 0) is 13.8 Å². The Hall–Kier alpha value is -1.56. The minimum atomic E-state index is 0.166. The molecule has 1 aromatic heterocycles. The van der Waals surface area contributed by atoms with Crippen molar-refractivity contribution in [2.45, 2.75) is 26.1 Å². The first-order valence-electron chi connectivity index (χ1n) is 5.66.